The Morgan fingerprint density at radius 1 is 0.634 bits per heavy atom. The summed E-state index contributed by atoms with van der Waals surface area (Å²) in [6, 6.07) is 4.33. The summed E-state index contributed by atoms with van der Waals surface area (Å²) in [5.74, 6) is -2.53. The van der Waals surface area contributed by atoms with Crippen LogP contribution in [0.1, 0.15) is 88.6 Å². The van der Waals surface area contributed by atoms with Crippen LogP contribution in [0.4, 0.5) is 4.79 Å². The lowest BCUT2D eigenvalue weighted by molar-refractivity contribution is -0.160. The highest BCUT2D eigenvalue weighted by Crippen LogP contribution is 2.34. The van der Waals surface area contributed by atoms with Gasteiger partial charge in [-0.2, -0.15) is 0 Å². The van der Waals surface area contributed by atoms with E-state index in [4.69, 9.17) is 29.4 Å². The molecule has 0 aliphatic carbocycles. The average molecular weight is 580 g/mol. The van der Waals surface area contributed by atoms with Crippen molar-refractivity contribution in [3.05, 3.63) is 23.8 Å². The van der Waals surface area contributed by atoms with Gasteiger partial charge in [0, 0.05) is 0 Å². The number of carbonyl (C=O) groups is 4. The number of nitrogens with two attached hydrogens (primary N) is 1. The van der Waals surface area contributed by atoms with Gasteiger partial charge in [-0.1, -0.05) is 61.5 Å². The molecule has 1 aromatic rings. The zero-order valence-corrected chi connectivity index (χ0v) is 26.6. The Morgan fingerprint density at radius 3 is 1.54 bits per heavy atom. The summed E-state index contributed by atoms with van der Waals surface area (Å²) >= 11 is 0. The van der Waals surface area contributed by atoms with Gasteiger partial charge in [-0.3, -0.25) is 9.59 Å². The predicted molar refractivity (Wildman–Crippen MR) is 154 cm³/mol. The largest absolute Gasteiger partial charge is 0.508 e. The van der Waals surface area contributed by atoms with E-state index in [1.165, 1.54) is 25.1 Å². The third-order valence-electron chi connectivity index (χ3n) is 7.59. The number of rotatable bonds is 13. The number of benzene rings is 1. The van der Waals surface area contributed by atoms with Gasteiger partial charge in [0.05, 0.1) is 11.8 Å². The molecule has 10 nitrogen and oxygen atoms in total. The summed E-state index contributed by atoms with van der Waals surface area (Å²) in [5, 5.41) is 0. The molecule has 0 saturated heterocycles. The minimum Gasteiger partial charge on any atom is -0.457 e. The van der Waals surface area contributed by atoms with Crippen molar-refractivity contribution in [3.8, 4) is 11.5 Å². The molecular weight excluding hydrogens is 530 g/mol. The van der Waals surface area contributed by atoms with E-state index in [0.29, 0.717) is 0 Å². The number of ether oxygens (including phenoxy) is 5. The Labute approximate surface area is 244 Å². The van der Waals surface area contributed by atoms with Crippen molar-refractivity contribution in [1.82, 2.24) is 0 Å². The van der Waals surface area contributed by atoms with E-state index < -0.39 is 53.6 Å². The fraction of sp³-hybridized carbons (Fsp3) is 0.677. The molecular formula is C31H49NO9. The molecule has 0 amide bonds. The Bertz CT molecular complexity index is 1060. The van der Waals surface area contributed by atoms with Gasteiger partial charge in [0.25, 0.3) is 0 Å². The van der Waals surface area contributed by atoms with E-state index >= 15 is 0 Å². The molecule has 0 saturated carbocycles. The van der Waals surface area contributed by atoms with Crippen LogP contribution in [-0.2, 0) is 34.1 Å². The van der Waals surface area contributed by atoms with E-state index in [1.54, 1.807) is 34.6 Å². The molecule has 1 aromatic carbocycles. The van der Waals surface area contributed by atoms with Crippen LogP contribution >= 0.6 is 0 Å². The Morgan fingerprint density at radius 2 is 1.07 bits per heavy atom. The number of carbonyl (C=O) groups excluding carboxylic acids is 4. The summed E-state index contributed by atoms with van der Waals surface area (Å²) in [6.45, 7) is 21.2. The fourth-order valence-electron chi connectivity index (χ4n) is 3.01. The van der Waals surface area contributed by atoms with Gasteiger partial charge in [-0.25, -0.2) is 9.59 Å². The van der Waals surface area contributed by atoms with E-state index in [9.17, 15) is 19.2 Å². The van der Waals surface area contributed by atoms with Crippen molar-refractivity contribution in [1.29, 1.82) is 0 Å². The second-order valence-corrected chi connectivity index (χ2v) is 12.0. The van der Waals surface area contributed by atoms with E-state index in [1.807, 2.05) is 41.5 Å². The first-order valence-corrected chi connectivity index (χ1v) is 14.2. The molecule has 0 heterocycles. The Hall–Kier alpha value is -3.14. The van der Waals surface area contributed by atoms with Gasteiger partial charge < -0.3 is 29.4 Å². The first-order valence-electron chi connectivity index (χ1n) is 14.2. The molecule has 0 aliphatic heterocycles. The topological polar surface area (TPSA) is 140 Å². The third kappa shape index (κ3) is 10.3. The molecule has 0 radical (unpaired) electrons. The average Bonchev–Trinajstić information content (AvgIpc) is 2.87. The van der Waals surface area contributed by atoms with E-state index in [2.05, 4.69) is 0 Å². The van der Waals surface area contributed by atoms with Crippen molar-refractivity contribution >= 4 is 24.1 Å². The molecule has 0 fully saturated rings. The molecule has 1 rings (SSSR count). The van der Waals surface area contributed by atoms with Crippen LogP contribution < -0.4 is 15.2 Å². The van der Waals surface area contributed by atoms with Gasteiger partial charge in [0.15, 0.2) is 11.5 Å². The highest BCUT2D eigenvalue weighted by molar-refractivity contribution is 5.83. The highest BCUT2D eigenvalue weighted by atomic mass is 16.7. The monoisotopic (exact) mass is 579 g/mol. The molecule has 3 unspecified atom stereocenters. The zero-order valence-electron chi connectivity index (χ0n) is 26.6. The van der Waals surface area contributed by atoms with Crippen molar-refractivity contribution in [3.63, 3.8) is 0 Å². The Kier molecular flexibility index (Phi) is 13.3. The summed E-state index contributed by atoms with van der Waals surface area (Å²) in [7, 11) is 0. The third-order valence-corrected chi connectivity index (χ3v) is 7.59. The standard InChI is InChI=1S/C31H49NO9/c1-16(2)19(7)27(33)40-25-14-13-24(15-26(25)41-28(34)20(8)17(3)4)31(12,32)29(35)37-22(10)23(11)39-30(36)38-21(9)18(5)6/h13-23H,32H2,1-12H3/t19?,20?,21?,22-,23-,31-/m0/s1. The quantitative estimate of drug-likeness (QED) is 0.226. The van der Waals surface area contributed by atoms with Crippen LogP contribution in [0.5, 0.6) is 11.5 Å². The van der Waals surface area contributed by atoms with Crippen LogP contribution in [0.25, 0.3) is 0 Å². The molecule has 41 heavy (non-hydrogen) atoms. The maximum Gasteiger partial charge on any atom is 0.508 e. The highest BCUT2D eigenvalue weighted by Gasteiger charge is 2.36. The van der Waals surface area contributed by atoms with Crippen LogP contribution in [0.2, 0.25) is 0 Å². The normalized spacial score (nSPS) is 16.7. The summed E-state index contributed by atoms with van der Waals surface area (Å²) in [6.07, 6.45) is -2.88. The maximum absolute atomic E-state index is 13.2. The molecule has 2 N–H and O–H groups in total. The first kappa shape index (κ1) is 35.9. The maximum atomic E-state index is 13.2. The summed E-state index contributed by atoms with van der Waals surface area (Å²) in [5.41, 5.74) is 4.98. The lowest BCUT2D eigenvalue weighted by Crippen LogP contribution is -2.46. The van der Waals surface area contributed by atoms with Crippen molar-refractivity contribution < 1.29 is 42.9 Å². The lowest BCUT2D eigenvalue weighted by atomic mass is 9.92. The zero-order chi connectivity index (χ0) is 31.8. The van der Waals surface area contributed by atoms with Crippen molar-refractivity contribution in [2.45, 2.75) is 107 Å². The number of hydrogen-bond acceptors (Lipinski definition) is 10. The lowest BCUT2D eigenvalue weighted by Gasteiger charge is -2.28. The second kappa shape index (κ2) is 15.2. The SMILES string of the molecule is CC(C)C(C)OC(=O)O[C@@H](C)[C@H](C)OC(=O)[C@@](C)(N)c1ccc(OC(=O)C(C)C(C)C)c(OC(=O)C(C)C(C)C)c1. The molecule has 0 aromatic heterocycles. The fourth-order valence-corrected chi connectivity index (χ4v) is 3.01. The number of hydrogen-bond donors (Lipinski definition) is 1. The minimum atomic E-state index is -1.70. The van der Waals surface area contributed by atoms with Crippen LogP contribution in [0.3, 0.4) is 0 Å². The second-order valence-electron chi connectivity index (χ2n) is 12.0. The van der Waals surface area contributed by atoms with Gasteiger partial charge in [0.2, 0.25) is 0 Å². The van der Waals surface area contributed by atoms with Crippen molar-refractivity contribution in [2.75, 3.05) is 0 Å². The number of esters is 3. The summed E-state index contributed by atoms with van der Waals surface area (Å²) < 4.78 is 27.2. The molecule has 0 bridgehead atoms. The smallest absolute Gasteiger partial charge is 0.457 e. The Balaban J connectivity index is 3.20. The molecule has 0 spiro atoms. The van der Waals surface area contributed by atoms with Crippen LogP contribution in [0, 0.1) is 29.6 Å². The minimum absolute atomic E-state index is 0.00367. The van der Waals surface area contributed by atoms with Gasteiger partial charge in [0.1, 0.15) is 23.9 Å². The van der Waals surface area contributed by atoms with E-state index in [-0.39, 0.29) is 40.9 Å². The molecule has 10 heteroatoms. The predicted octanol–water partition coefficient (Wildman–Crippen LogP) is 5.77. The summed E-state index contributed by atoms with van der Waals surface area (Å²) in [4.78, 5) is 50.7. The molecule has 232 valence electrons. The molecule has 6 atom stereocenters. The van der Waals surface area contributed by atoms with Gasteiger partial charge >= 0.3 is 24.1 Å². The van der Waals surface area contributed by atoms with Crippen molar-refractivity contribution in [2.24, 2.45) is 35.3 Å². The van der Waals surface area contributed by atoms with E-state index in [0.717, 1.165) is 0 Å². The van der Waals surface area contributed by atoms with Gasteiger partial charge in [-0.15, -0.1) is 0 Å². The van der Waals surface area contributed by atoms with Crippen LogP contribution in [-0.4, -0.2) is 42.4 Å². The van der Waals surface area contributed by atoms with Gasteiger partial charge in [-0.05, 0) is 63.1 Å². The molecule has 0 aliphatic rings. The van der Waals surface area contributed by atoms with Crippen LogP contribution in [0.15, 0.2) is 18.2 Å². The first-order chi connectivity index (χ1) is 18.8.